The summed E-state index contributed by atoms with van der Waals surface area (Å²) >= 11 is 12.3. The lowest BCUT2D eigenvalue weighted by atomic mass is 10.0. The number of halogens is 5. The molecule has 0 atom stereocenters. The van der Waals surface area contributed by atoms with Gasteiger partial charge < -0.3 is 10.1 Å². The van der Waals surface area contributed by atoms with Crippen LogP contribution in [-0.4, -0.2) is 32.3 Å². The number of hydrogen-bond acceptors (Lipinski definition) is 6. The van der Waals surface area contributed by atoms with Crippen LogP contribution >= 0.6 is 23.2 Å². The standard InChI is InChI=1S/C21H15Cl2F3N6O/c1-33-16-8-3-2-5-13(16)19-12(9-10-17(28-19)21(24,25)26)11-27-20-29-30-31-32(20)15-7-4-6-14(22)18(15)23/h2-10H,11H2,1H3,(H,27,29,31). The largest absolute Gasteiger partial charge is 0.496 e. The lowest BCUT2D eigenvalue weighted by molar-refractivity contribution is -0.141. The molecule has 0 amide bonds. The first-order chi connectivity index (χ1) is 15.8. The van der Waals surface area contributed by atoms with Gasteiger partial charge in [-0.05, 0) is 46.3 Å². The van der Waals surface area contributed by atoms with E-state index in [0.717, 1.165) is 6.07 Å². The van der Waals surface area contributed by atoms with E-state index in [9.17, 15) is 13.2 Å². The minimum absolute atomic E-state index is 0.0665. The predicted octanol–water partition coefficient (Wildman–Crippen LogP) is 5.67. The molecule has 1 N–H and O–H groups in total. The van der Waals surface area contributed by atoms with Gasteiger partial charge in [0.1, 0.15) is 11.4 Å². The molecule has 0 aliphatic rings. The SMILES string of the molecule is COc1ccccc1-c1nc(C(F)(F)F)ccc1CNc1nnnn1-c1cccc(Cl)c1Cl. The number of methoxy groups -OCH3 is 1. The molecular formula is C21H15Cl2F3N6O. The van der Waals surface area contributed by atoms with Crippen molar-refractivity contribution in [3.63, 3.8) is 0 Å². The number of nitrogens with one attached hydrogen (secondary N) is 1. The highest BCUT2D eigenvalue weighted by Gasteiger charge is 2.33. The molecule has 2 aromatic carbocycles. The van der Waals surface area contributed by atoms with Gasteiger partial charge in [0, 0.05) is 12.1 Å². The molecule has 0 unspecified atom stereocenters. The van der Waals surface area contributed by atoms with E-state index in [1.165, 1.54) is 17.9 Å². The Morgan fingerprint density at radius 2 is 1.82 bits per heavy atom. The molecule has 4 rings (SSSR count). The summed E-state index contributed by atoms with van der Waals surface area (Å²) in [6.45, 7) is 0.0665. The third-order valence-corrected chi connectivity index (χ3v) is 5.51. The van der Waals surface area contributed by atoms with E-state index >= 15 is 0 Å². The van der Waals surface area contributed by atoms with Crippen molar-refractivity contribution in [1.29, 1.82) is 0 Å². The third kappa shape index (κ3) is 4.71. The summed E-state index contributed by atoms with van der Waals surface area (Å²) in [6, 6.07) is 14.0. The maximum Gasteiger partial charge on any atom is 0.433 e. The van der Waals surface area contributed by atoms with E-state index in [-0.39, 0.29) is 23.2 Å². The van der Waals surface area contributed by atoms with E-state index in [2.05, 4.69) is 25.8 Å². The van der Waals surface area contributed by atoms with Gasteiger partial charge in [-0.25, -0.2) is 4.98 Å². The van der Waals surface area contributed by atoms with Crippen molar-refractivity contribution in [3.05, 3.63) is 75.9 Å². The van der Waals surface area contributed by atoms with Crippen LogP contribution in [0.2, 0.25) is 10.0 Å². The van der Waals surface area contributed by atoms with Crippen LogP contribution in [0.1, 0.15) is 11.3 Å². The molecule has 0 saturated carbocycles. The number of anilines is 1. The summed E-state index contributed by atoms with van der Waals surface area (Å²) in [6.07, 6.45) is -4.60. The van der Waals surface area contributed by atoms with Crippen molar-refractivity contribution in [2.75, 3.05) is 12.4 Å². The summed E-state index contributed by atoms with van der Waals surface area (Å²) in [5.41, 5.74) is 0.434. The molecule has 2 heterocycles. The van der Waals surface area contributed by atoms with E-state index in [1.807, 2.05) is 0 Å². The molecule has 0 aliphatic carbocycles. The number of para-hydroxylation sites is 1. The van der Waals surface area contributed by atoms with E-state index in [1.54, 1.807) is 42.5 Å². The zero-order valence-corrected chi connectivity index (χ0v) is 18.4. The fraction of sp³-hybridized carbons (Fsp3) is 0.143. The molecule has 0 fully saturated rings. The molecule has 170 valence electrons. The number of ether oxygens (including phenoxy) is 1. The van der Waals surface area contributed by atoms with Gasteiger partial charge in [-0.15, -0.1) is 0 Å². The molecule has 0 saturated heterocycles. The number of rotatable bonds is 6. The van der Waals surface area contributed by atoms with E-state index < -0.39 is 11.9 Å². The molecule has 0 spiro atoms. The highest BCUT2D eigenvalue weighted by Crippen LogP contribution is 2.35. The summed E-state index contributed by atoms with van der Waals surface area (Å²) in [7, 11) is 1.44. The highest BCUT2D eigenvalue weighted by atomic mass is 35.5. The summed E-state index contributed by atoms with van der Waals surface area (Å²) in [5.74, 6) is 0.603. The van der Waals surface area contributed by atoms with Crippen molar-refractivity contribution in [2.24, 2.45) is 0 Å². The van der Waals surface area contributed by atoms with Crippen molar-refractivity contribution in [3.8, 4) is 22.7 Å². The first-order valence-corrected chi connectivity index (χ1v) is 10.2. The molecule has 0 radical (unpaired) electrons. The summed E-state index contributed by atoms with van der Waals surface area (Å²) in [5, 5.41) is 15.1. The molecule has 0 bridgehead atoms. The second-order valence-electron chi connectivity index (χ2n) is 6.74. The minimum Gasteiger partial charge on any atom is -0.496 e. The maximum absolute atomic E-state index is 13.4. The van der Waals surface area contributed by atoms with Gasteiger partial charge in [0.2, 0.25) is 5.95 Å². The number of pyridine rings is 1. The molecular weight excluding hydrogens is 480 g/mol. The fourth-order valence-electron chi connectivity index (χ4n) is 3.15. The number of nitrogens with zero attached hydrogens (tertiary/aromatic N) is 5. The Balaban J connectivity index is 1.72. The van der Waals surface area contributed by atoms with Gasteiger partial charge in [-0.1, -0.05) is 52.6 Å². The van der Waals surface area contributed by atoms with Gasteiger partial charge in [0.05, 0.1) is 28.5 Å². The first-order valence-electron chi connectivity index (χ1n) is 9.46. The van der Waals surface area contributed by atoms with Crippen LogP contribution in [0.3, 0.4) is 0 Å². The van der Waals surface area contributed by atoms with Crippen molar-refractivity contribution in [2.45, 2.75) is 12.7 Å². The van der Waals surface area contributed by atoms with Gasteiger partial charge in [0.25, 0.3) is 0 Å². The molecule has 0 aliphatic heterocycles. The second kappa shape index (κ2) is 9.24. The van der Waals surface area contributed by atoms with Crippen LogP contribution in [-0.2, 0) is 12.7 Å². The Bertz CT molecular complexity index is 1300. The van der Waals surface area contributed by atoms with Gasteiger partial charge in [-0.3, -0.25) is 0 Å². The van der Waals surface area contributed by atoms with Crippen molar-refractivity contribution < 1.29 is 17.9 Å². The smallest absolute Gasteiger partial charge is 0.433 e. The average Bonchev–Trinajstić information content (AvgIpc) is 3.27. The number of benzene rings is 2. The zero-order valence-electron chi connectivity index (χ0n) is 16.9. The maximum atomic E-state index is 13.4. The lowest BCUT2D eigenvalue weighted by Gasteiger charge is -2.16. The number of tetrazole rings is 1. The summed E-state index contributed by atoms with van der Waals surface area (Å²) < 4.78 is 46.7. The second-order valence-corrected chi connectivity index (χ2v) is 7.53. The van der Waals surface area contributed by atoms with Crippen LogP contribution in [0.5, 0.6) is 5.75 Å². The Morgan fingerprint density at radius 3 is 2.58 bits per heavy atom. The predicted molar refractivity (Wildman–Crippen MR) is 118 cm³/mol. The Kier molecular flexibility index (Phi) is 6.39. The molecule has 2 aromatic heterocycles. The van der Waals surface area contributed by atoms with Crippen molar-refractivity contribution in [1.82, 2.24) is 25.2 Å². The lowest BCUT2D eigenvalue weighted by Crippen LogP contribution is -2.12. The van der Waals surface area contributed by atoms with E-state index in [4.69, 9.17) is 27.9 Å². The normalized spacial score (nSPS) is 11.5. The Labute approximate surface area is 196 Å². The van der Waals surface area contributed by atoms with Crippen LogP contribution in [0.25, 0.3) is 16.9 Å². The summed E-state index contributed by atoms with van der Waals surface area (Å²) in [4.78, 5) is 3.89. The quantitative estimate of drug-likeness (QED) is 0.372. The van der Waals surface area contributed by atoms with Crippen molar-refractivity contribution >= 4 is 29.2 Å². The highest BCUT2D eigenvalue weighted by molar-refractivity contribution is 6.43. The molecule has 4 aromatic rings. The topological polar surface area (TPSA) is 77.8 Å². The molecule has 7 nitrogen and oxygen atoms in total. The van der Waals surface area contributed by atoms with E-state index in [0.29, 0.717) is 27.6 Å². The van der Waals surface area contributed by atoms with Crippen LogP contribution < -0.4 is 10.1 Å². The first kappa shape index (κ1) is 22.8. The monoisotopic (exact) mass is 494 g/mol. The van der Waals surface area contributed by atoms with Crippen LogP contribution in [0, 0.1) is 0 Å². The third-order valence-electron chi connectivity index (χ3n) is 4.70. The van der Waals surface area contributed by atoms with Crippen LogP contribution in [0.4, 0.5) is 19.1 Å². The number of hydrogen-bond donors (Lipinski definition) is 1. The van der Waals surface area contributed by atoms with Gasteiger partial charge in [-0.2, -0.15) is 17.9 Å². The zero-order chi connectivity index (χ0) is 23.6. The van der Waals surface area contributed by atoms with Crippen LogP contribution in [0.15, 0.2) is 54.6 Å². The average molecular weight is 495 g/mol. The Morgan fingerprint density at radius 1 is 1.03 bits per heavy atom. The Hall–Kier alpha value is -3.37. The van der Waals surface area contributed by atoms with Gasteiger partial charge in [0.15, 0.2) is 0 Å². The fourth-order valence-corrected chi connectivity index (χ4v) is 3.53. The molecule has 12 heteroatoms. The number of aromatic nitrogens is 5. The molecule has 33 heavy (non-hydrogen) atoms. The minimum atomic E-state index is -4.60. The van der Waals surface area contributed by atoms with Gasteiger partial charge >= 0.3 is 6.18 Å². The number of alkyl halides is 3.